The average Bonchev–Trinajstić information content (AvgIpc) is 2.27. The Balaban J connectivity index is 2.34. The zero-order chi connectivity index (χ0) is 10.8. The molecule has 5 heteroatoms. The van der Waals surface area contributed by atoms with Crippen molar-refractivity contribution >= 4 is 12.0 Å². The summed E-state index contributed by atoms with van der Waals surface area (Å²) in [5, 5.41) is 10.5. The Bertz CT molecular complexity index is 416. The summed E-state index contributed by atoms with van der Waals surface area (Å²) in [5.41, 5.74) is 0.902. The van der Waals surface area contributed by atoms with Gasteiger partial charge in [-0.2, -0.15) is 0 Å². The molecule has 0 aromatic heterocycles. The molecule has 0 saturated carbocycles. The number of aldehydes is 1. The number of carbonyl (C=O) groups excluding carboxylic acids is 1. The van der Waals surface area contributed by atoms with Crippen LogP contribution in [0.15, 0.2) is 18.2 Å². The minimum absolute atomic E-state index is 0.0136. The Morgan fingerprint density at radius 1 is 1.53 bits per heavy atom. The summed E-state index contributed by atoms with van der Waals surface area (Å²) in [6.07, 6.45) is 1.60. The van der Waals surface area contributed by atoms with Crippen LogP contribution in [-0.4, -0.2) is 17.3 Å². The number of non-ortho nitro benzene ring substituents is 1. The second-order valence-electron chi connectivity index (χ2n) is 3.38. The predicted octanol–water partition coefficient (Wildman–Crippen LogP) is 1.49. The molecule has 1 unspecified atom stereocenters. The van der Waals surface area contributed by atoms with Crippen molar-refractivity contribution < 1.29 is 14.5 Å². The lowest BCUT2D eigenvalue weighted by Gasteiger charge is -2.21. The van der Waals surface area contributed by atoms with Gasteiger partial charge in [-0.15, -0.1) is 0 Å². The number of nitro benzene ring substituents is 1. The molecule has 0 fully saturated rings. The van der Waals surface area contributed by atoms with Crippen LogP contribution in [0.2, 0.25) is 0 Å². The van der Waals surface area contributed by atoms with E-state index in [4.69, 9.17) is 4.74 Å². The Morgan fingerprint density at radius 3 is 3.00 bits per heavy atom. The molecule has 78 valence electrons. The summed E-state index contributed by atoms with van der Waals surface area (Å²) in [5.74, 6) is 0.451. The second-order valence-corrected chi connectivity index (χ2v) is 3.38. The van der Waals surface area contributed by atoms with Crippen molar-refractivity contribution in [2.24, 2.45) is 0 Å². The molecule has 1 atom stereocenters. The first kappa shape index (κ1) is 9.64. The highest BCUT2D eigenvalue weighted by atomic mass is 16.6. The summed E-state index contributed by atoms with van der Waals surface area (Å²) in [6, 6.07) is 4.49. The Labute approximate surface area is 85.8 Å². The normalized spacial score (nSPS) is 18.8. The van der Waals surface area contributed by atoms with Gasteiger partial charge in [-0.05, 0) is 24.5 Å². The maximum absolute atomic E-state index is 10.5. The van der Waals surface area contributed by atoms with Gasteiger partial charge in [-0.3, -0.25) is 14.9 Å². The summed E-state index contributed by atoms with van der Waals surface area (Å²) >= 11 is 0. The number of hydrogen-bond acceptors (Lipinski definition) is 4. The van der Waals surface area contributed by atoms with Crippen LogP contribution in [0.4, 0.5) is 5.69 Å². The maximum Gasteiger partial charge on any atom is 0.273 e. The van der Waals surface area contributed by atoms with Crippen LogP contribution in [0.1, 0.15) is 12.0 Å². The number of aryl methyl sites for hydroxylation is 1. The first-order chi connectivity index (χ1) is 7.20. The first-order valence-electron chi connectivity index (χ1n) is 4.60. The van der Waals surface area contributed by atoms with Crippen LogP contribution >= 0.6 is 0 Å². The van der Waals surface area contributed by atoms with Gasteiger partial charge in [-0.25, -0.2) is 0 Å². The summed E-state index contributed by atoms with van der Waals surface area (Å²) in [6.45, 7) is 0. The van der Waals surface area contributed by atoms with Crippen LogP contribution in [0.3, 0.4) is 0 Å². The van der Waals surface area contributed by atoms with E-state index in [1.54, 1.807) is 6.07 Å². The predicted molar refractivity (Wildman–Crippen MR) is 51.9 cm³/mol. The molecule has 0 spiro atoms. The molecule has 1 heterocycles. The Hall–Kier alpha value is -1.91. The standard InChI is InChI=1S/C10H9NO4/c12-6-9-4-2-7-1-3-8(11(13)14)5-10(7)15-9/h1,3,5-6,9H,2,4H2. The SMILES string of the molecule is O=CC1CCc2ccc([N+](=O)[O-])cc2O1. The van der Waals surface area contributed by atoms with Gasteiger partial charge in [0.1, 0.15) is 5.75 Å². The first-order valence-corrected chi connectivity index (χ1v) is 4.60. The fraction of sp³-hybridized carbons (Fsp3) is 0.300. The highest BCUT2D eigenvalue weighted by Gasteiger charge is 2.21. The summed E-state index contributed by atoms with van der Waals surface area (Å²) < 4.78 is 5.30. The van der Waals surface area contributed by atoms with Gasteiger partial charge >= 0.3 is 0 Å². The molecule has 0 aliphatic carbocycles. The molecule has 0 bridgehead atoms. The van der Waals surface area contributed by atoms with E-state index >= 15 is 0 Å². The lowest BCUT2D eigenvalue weighted by atomic mass is 10.0. The van der Waals surface area contributed by atoms with Crippen LogP contribution in [0, 0.1) is 10.1 Å². The van der Waals surface area contributed by atoms with Crippen molar-refractivity contribution in [2.45, 2.75) is 18.9 Å². The third-order valence-corrected chi connectivity index (χ3v) is 2.39. The van der Waals surface area contributed by atoms with E-state index in [9.17, 15) is 14.9 Å². The number of hydrogen-bond donors (Lipinski definition) is 0. The molecule has 0 N–H and O–H groups in total. The average molecular weight is 207 g/mol. The number of carbonyl (C=O) groups is 1. The van der Waals surface area contributed by atoms with Crippen molar-refractivity contribution in [3.8, 4) is 5.75 Å². The van der Waals surface area contributed by atoms with Gasteiger partial charge in [0.25, 0.3) is 5.69 Å². The molecule has 0 amide bonds. The smallest absolute Gasteiger partial charge is 0.273 e. The molecule has 0 radical (unpaired) electrons. The van der Waals surface area contributed by atoms with Crippen molar-refractivity contribution in [1.82, 2.24) is 0 Å². The molecule has 15 heavy (non-hydrogen) atoms. The van der Waals surface area contributed by atoms with Gasteiger partial charge in [0.2, 0.25) is 0 Å². The van der Waals surface area contributed by atoms with Crippen molar-refractivity contribution in [2.75, 3.05) is 0 Å². The molecule has 1 aromatic rings. The molecular weight excluding hydrogens is 198 g/mol. The van der Waals surface area contributed by atoms with Crippen molar-refractivity contribution in [3.63, 3.8) is 0 Å². The lowest BCUT2D eigenvalue weighted by Crippen LogP contribution is -2.23. The lowest BCUT2D eigenvalue weighted by molar-refractivity contribution is -0.385. The topological polar surface area (TPSA) is 69.4 Å². The third-order valence-electron chi connectivity index (χ3n) is 2.39. The van der Waals surface area contributed by atoms with Crippen LogP contribution in [0.5, 0.6) is 5.75 Å². The van der Waals surface area contributed by atoms with E-state index in [1.807, 2.05) is 0 Å². The number of fused-ring (bicyclic) bond motifs is 1. The van der Waals surface area contributed by atoms with E-state index in [0.717, 1.165) is 18.3 Å². The quantitative estimate of drug-likeness (QED) is 0.418. The minimum atomic E-state index is -0.478. The number of nitrogens with zero attached hydrogens (tertiary/aromatic N) is 1. The highest BCUT2D eigenvalue weighted by Crippen LogP contribution is 2.30. The van der Waals surface area contributed by atoms with E-state index in [0.29, 0.717) is 12.2 Å². The minimum Gasteiger partial charge on any atom is -0.482 e. The molecule has 2 rings (SSSR count). The zero-order valence-electron chi connectivity index (χ0n) is 7.88. The second kappa shape index (κ2) is 3.68. The fourth-order valence-corrected chi connectivity index (χ4v) is 1.59. The van der Waals surface area contributed by atoms with E-state index in [-0.39, 0.29) is 5.69 Å². The van der Waals surface area contributed by atoms with Gasteiger partial charge in [-0.1, -0.05) is 0 Å². The Kier molecular flexibility index (Phi) is 2.37. The van der Waals surface area contributed by atoms with Crippen LogP contribution in [0.25, 0.3) is 0 Å². The van der Waals surface area contributed by atoms with Gasteiger partial charge < -0.3 is 4.74 Å². The summed E-state index contributed by atoms with van der Waals surface area (Å²) in [4.78, 5) is 20.6. The molecule has 0 saturated heterocycles. The van der Waals surface area contributed by atoms with E-state index < -0.39 is 11.0 Å². The van der Waals surface area contributed by atoms with E-state index in [1.165, 1.54) is 12.1 Å². The Morgan fingerprint density at radius 2 is 2.33 bits per heavy atom. The fourth-order valence-electron chi connectivity index (χ4n) is 1.59. The molecule has 5 nitrogen and oxygen atoms in total. The third kappa shape index (κ3) is 1.81. The van der Waals surface area contributed by atoms with Crippen molar-refractivity contribution in [1.29, 1.82) is 0 Å². The number of ether oxygens (including phenoxy) is 1. The molecular formula is C10H9NO4. The highest BCUT2D eigenvalue weighted by molar-refractivity contribution is 5.59. The largest absolute Gasteiger partial charge is 0.482 e. The van der Waals surface area contributed by atoms with Gasteiger partial charge in [0, 0.05) is 6.07 Å². The molecule has 1 aromatic carbocycles. The van der Waals surface area contributed by atoms with E-state index in [2.05, 4.69) is 0 Å². The van der Waals surface area contributed by atoms with Gasteiger partial charge in [0.05, 0.1) is 11.0 Å². The van der Waals surface area contributed by atoms with Crippen molar-refractivity contribution in [3.05, 3.63) is 33.9 Å². The van der Waals surface area contributed by atoms with Crippen LogP contribution in [-0.2, 0) is 11.2 Å². The summed E-state index contributed by atoms with van der Waals surface area (Å²) in [7, 11) is 0. The number of rotatable bonds is 2. The molecule has 1 aliphatic rings. The number of benzene rings is 1. The number of nitro groups is 1. The zero-order valence-corrected chi connectivity index (χ0v) is 7.88. The monoisotopic (exact) mass is 207 g/mol. The molecule has 1 aliphatic heterocycles. The maximum atomic E-state index is 10.5. The van der Waals surface area contributed by atoms with Crippen LogP contribution < -0.4 is 4.74 Å². The van der Waals surface area contributed by atoms with Gasteiger partial charge in [0.15, 0.2) is 12.4 Å².